The predicted molar refractivity (Wildman–Crippen MR) is 50.3 cm³/mol. The monoisotopic (exact) mass is 200 g/mol. The van der Waals surface area contributed by atoms with E-state index in [4.69, 9.17) is 4.74 Å². The van der Waals surface area contributed by atoms with Gasteiger partial charge in [-0.15, -0.1) is 0 Å². The number of benzene rings is 1. The number of methoxy groups -OCH3 is 1. The fraction of sp³-hybridized carbons (Fsp3) is 0.400. The van der Waals surface area contributed by atoms with Gasteiger partial charge in [-0.25, -0.2) is 4.39 Å². The van der Waals surface area contributed by atoms with Crippen LogP contribution in [0.4, 0.5) is 4.39 Å². The molecule has 4 heteroatoms. The molecule has 0 aliphatic rings. The molecule has 0 aliphatic carbocycles. The van der Waals surface area contributed by atoms with E-state index in [9.17, 15) is 9.50 Å². The van der Waals surface area contributed by atoms with Crippen molar-refractivity contribution in [1.29, 1.82) is 0 Å². The zero-order chi connectivity index (χ0) is 10.7. The standard InChI is InChI=1S/C10H14FNO2/c1-6(12)10(13)7-3-4-8(11)9(5-7)14-2/h3-6,10,13H,12H2,1-2H3/p+1. The Morgan fingerprint density at radius 1 is 1.50 bits per heavy atom. The highest BCUT2D eigenvalue weighted by Crippen LogP contribution is 2.23. The zero-order valence-electron chi connectivity index (χ0n) is 8.33. The van der Waals surface area contributed by atoms with Crippen LogP contribution in [0, 0.1) is 5.82 Å². The molecular formula is C10H15FNO2+. The van der Waals surface area contributed by atoms with Crippen LogP contribution in [0.1, 0.15) is 18.6 Å². The fourth-order valence-electron chi connectivity index (χ4n) is 1.19. The largest absolute Gasteiger partial charge is 0.494 e. The molecule has 2 unspecified atom stereocenters. The summed E-state index contributed by atoms with van der Waals surface area (Å²) in [5, 5.41) is 9.67. The van der Waals surface area contributed by atoms with Crippen molar-refractivity contribution in [3.05, 3.63) is 29.6 Å². The summed E-state index contributed by atoms with van der Waals surface area (Å²) in [6.07, 6.45) is -0.690. The average molecular weight is 200 g/mol. The van der Waals surface area contributed by atoms with Gasteiger partial charge in [0.15, 0.2) is 11.6 Å². The quantitative estimate of drug-likeness (QED) is 0.746. The van der Waals surface area contributed by atoms with E-state index >= 15 is 0 Å². The van der Waals surface area contributed by atoms with E-state index < -0.39 is 11.9 Å². The Labute approximate surface area is 82.3 Å². The average Bonchev–Trinajstić information content (AvgIpc) is 2.17. The van der Waals surface area contributed by atoms with Gasteiger partial charge in [0.2, 0.25) is 0 Å². The SMILES string of the molecule is COc1cc(C(O)C(C)[NH3+])ccc1F. The molecule has 0 bridgehead atoms. The Morgan fingerprint density at radius 2 is 2.14 bits per heavy atom. The lowest BCUT2D eigenvalue weighted by molar-refractivity contribution is -0.433. The predicted octanol–water partition coefficient (Wildman–Crippen LogP) is 0.498. The van der Waals surface area contributed by atoms with E-state index in [1.54, 1.807) is 6.92 Å². The molecule has 0 spiro atoms. The first kappa shape index (κ1) is 10.9. The summed E-state index contributed by atoms with van der Waals surface area (Å²) in [5.41, 5.74) is 4.32. The van der Waals surface area contributed by atoms with Crippen LogP contribution in [-0.4, -0.2) is 18.3 Å². The van der Waals surface area contributed by atoms with Crippen molar-refractivity contribution in [1.82, 2.24) is 0 Å². The summed E-state index contributed by atoms with van der Waals surface area (Å²) < 4.78 is 17.8. The third-order valence-electron chi connectivity index (χ3n) is 2.06. The fourth-order valence-corrected chi connectivity index (χ4v) is 1.19. The maximum atomic E-state index is 13.0. The van der Waals surface area contributed by atoms with Crippen molar-refractivity contribution in [2.24, 2.45) is 0 Å². The van der Waals surface area contributed by atoms with Gasteiger partial charge in [0.25, 0.3) is 0 Å². The summed E-state index contributed by atoms with van der Waals surface area (Å²) in [4.78, 5) is 0. The number of halogens is 1. The van der Waals surface area contributed by atoms with Gasteiger partial charge in [-0.3, -0.25) is 0 Å². The third-order valence-corrected chi connectivity index (χ3v) is 2.06. The molecule has 2 atom stereocenters. The van der Waals surface area contributed by atoms with Crippen LogP contribution < -0.4 is 10.5 Å². The molecule has 0 amide bonds. The summed E-state index contributed by atoms with van der Waals surface area (Å²) in [7, 11) is 1.39. The number of rotatable bonds is 3. The van der Waals surface area contributed by atoms with Crippen LogP contribution in [-0.2, 0) is 0 Å². The molecular weight excluding hydrogens is 185 g/mol. The molecule has 14 heavy (non-hydrogen) atoms. The van der Waals surface area contributed by atoms with E-state index in [0.717, 1.165) is 0 Å². The van der Waals surface area contributed by atoms with Crippen LogP contribution in [0.5, 0.6) is 5.75 Å². The molecule has 1 rings (SSSR count). The van der Waals surface area contributed by atoms with Crippen molar-refractivity contribution < 1.29 is 20.0 Å². The van der Waals surface area contributed by atoms with Crippen LogP contribution in [0.3, 0.4) is 0 Å². The summed E-state index contributed by atoms with van der Waals surface area (Å²) >= 11 is 0. The van der Waals surface area contributed by atoms with Gasteiger partial charge in [-0.2, -0.15) is 0 Å². The minimum Gasteiger partial charge on any atom is -0.494 e. The van der Waals surface area contributed by atoms with Gasteiger partial charge in [-0.05, 0) is 24.6 Å². The highest BCUT2D eigenvalue weighted by Gasteiger charge is 2.16. The van der Waals surface area contributed by atoms with Gasteiger partial charge in [0.05, 0.1) is 7.11 Å². The third kappa shape index (κ3) is 2.21. The maximum Gasteiger partial charge on any atom is 0.165 e. The highest BCUT2D eigenvalue weighted by molar-refractivity contribution is 5.31. The number of hydrogen-bond acceptors (Lipinski definition) is 2. The Morgan fingerprint density at radius 3 is 2.64 bits per heavy atom. The van der Waals surface area contributed by atoms with E-state index in [-0.39, 0.29) is 11.8 Å². The minimum atomic E-state index is -0.690. The van der Waals surface area contributed by atoms with E-state index in [1.807, 2.05) is 0 Å². The van der Waals surface area contributed by atoms with E-state index in [1.165, 1.54) is 25.3 Å². The van der Waals surface area contributed by atoms with Crippen LogP contribution in [0.25, 0.3) is 0 Å². The lowest BCUT2D eigenvalue weighted by Gasteiger charge is -2.13. The van der Waals surface area contributed by atoms with Crippen LogP contribution in [0.2, 0.25) is 0 Å². The Balaban J connectivity index is 3.00. The molecule has 0 aliphatic heterocycles. The van der Waals surface area contributed by atoms with Gasteiger partial charge < -0.3 is 15.6 Å². The molecule has 1 aromatic carbocycles. The smallest absolute Gasteiger partial charge is 0.165 e. The van der Waals surface area contributed by atoms with E-state index in [0.29, 0.717) is 5.56 Å². The van der Waals surface area contributed by atoms with Gasteiger partial charge in [-0.1, -0.05) is 6.07 Å². The maximum absolute atomic E-state index is 13.0. The number of aliphatic hydroxyl groups excluding tert-OH is 1. The summed E-state index contributed by atoms with van der Waals surface area (Å²) in [5.74, 6) is -0.289. The highest BCUT2D eigenvalue weighted by atomic mass is 19.1. The first-order chi connectivity index (χ1) is 6.56. The van der Waals surface area contributed by atoms with Crippen molar-refractivity contribution >= 4 is 0 Å². The lowest BCUT2D eigenvalue weighted by Crippen LogP contribution is -2.61. The number of ether oxygens (including phenoxy) is 1. The van der Waals surface area contributed by atoms with Crippen LogP contribution >= 0.6 is 0 Å². The molecule has 0 heterocycles. The molecule has 0 radical (unpaired) electrons. The number of aliphatic hydroxyl groups is 1. The second-order valence-corrected chi connectivity index (χ2v) is 3.32. The van der Waals surface area contributed by atoms with Crippen molar-refractivity contribution in [3.8, 4) is 5.75 Å². The van der Waals surface area contributed by atoms with E-state index in [2.05, 4.69) is 5.73 Å². The molecule has 0 saturated carbocycles. The summed E-state index contributed by atoms with van der Waals surface area (Å²) in [6, 6.07) is 4.15. The van der Waals surface area contributed by atoms with Gasteiger partial charge in [0, 0.05) is 0 Å². The Kier molecular flexibility index (Phi) is 3.43. The first-order valence-electron chi connectivity index (χ1n) is 4.41. The normalized spacial score (nSPS) is 14.9. The Bertz CT molecular complexity index is 315. The summed E-state index contributed by atoms with van der Waals surface area (Å²) in [6.45, 7) is 1.79. The first-order valence-corrected chi connectivity index (χ1v) is 4.41. The second-order valence-electron chi connectivity index (χ2n) is 3.32. The van der Waals surface area contributed by atoms with Crippen molar-refractivity contribution in [2.75, 3.05) is 7.11 Å². The topological polar surface area (TPSA) is 57.1 Å². The molecule has 0 aromatic heterocycles. The molecule has 0 saturated heterocycles. The molecule has 1 aromatic rings. The number of quaternary nitrogens is 1. The number of hydrogen-bond donors (Lipinski definition) is 2. The Hall–Kier alpha value is -1.13. The zero-order valence-corrected chi connectivity index (χ0v) is 8.33. The van der Waals surface area contributed by atoms with Crippen molar-refractivity contribution in [3.63, 3.8) is 0 Å². The van der Waals surface area contributed by atoms with Gasteiger partial charge >= 0.3 is 0 Å². The molecule has 0 fully saturated rings. The van der Waals surface area contributed by atoms with Gasteiger partial charge in [0.1, 0.15) is 12.1 Å². The molecule has 4 N–H and O–H groups in total. The molecule has 3 nitrogen and oxygen atoms in total. The molecule has 78 valence electrons. The van der Waals surface area contributed by atoms with Crippen molar-refractivity contribution in [2.45, 2.75) is 19.1 Å². The van der Waals surface area contributed by atoms with Crippen LogP contribution in [0.15, 0.2) is 18.2 Å². The lowest BCUT2D eigenvalue weighted by atomic mass is 10.0. The minimum absolute atomic E-state index is 0.141. The second kappa shape index (κ2) is 4.39.